The number of carbonyl (C=O) groups excluding carboxylic acids is 1. The van der Waals surface area contributed by atoms with Crippen LogP contribution in [0.2, 0.25) is 0 Å². The second kappa shape index (κ2) is 17.1. The molecule has 0 amide bonds. The van der Waals surface area contributed by atoms with Crippen LogP contribution in [0.3, 0.4) is 0 Å². The number of carbonyl (C=O) groups is 1. The first kappa shape index (κ1) is 23.3. The SMILES string of the molecule is CCCCCC(CCCC)OC(=O)OC(CCCC)CCCCC. The van der Waals surface area contributed by atoms with E-state index in [1.54, 1.807) is 0 Å². The van der Waals surface area contributed by atoms with Crippen LogP contribution in [0.25, 0.3) is 0 Å². The van der Waals surface area contributed by atoms with Crippen molar-refractivity contribution in [2.75, 3.05) is 0 Å². The molecule has 0 spiro atoms. The normalized spacial score (nSPS) is 13.5. The maximum Gasteiger partial charge on any atom is 0.508 e. The van der Waals surface area contributed by atoms with Crippen LogP contribution in [0.15, 0.2) is 0 Å². The summed E-state index contributed by atoms with van der Waals surface area (Å²) in [6.07, 6.45) is 15.1. The molecule has 0 aliphatic carbocycles. The van der Waals surface area contributed by atoms with Crippen LogP contribution in [0.4, 0.5) is 4.79 Å². The number of rotatable bonds is 16. The van der Waals surface area contributed by atoms with Gasteiger partial charge in [-0.05, 0) is 38.5 Å². The lowest BCUT2D eigenvalue weighted by molar-refractivity contribution is -0.0119. The summed E-state index contributed by atoms with van der Waals surface area (Å²) in [5.74, 6) is 0. The molecular weight excluding hydrogens is 300 g/mol. The molecule has 0 aromatic rings. The molecule has 3 nitrogen and oxygen atoms in total. The molecule has 0 rings (SSSR count). The van der Waals surface area contributed by atoms with Crippen molar-refractivity contribution < 1.29 is 14.3 Å². The van der Waals surface area contributed by atoms with Crippen LogP contribution in [-0.4, -0.2) is 18.4 Å². The minimum Gasteiger partial charge on any atom is -0.431 e. The second-order valence-electron chi connectivity index (χ2n) is 7.01. The van der Waals surface area contributed by atoms with Gasteiger partial charge in [0.25, 0.3) is 0 Å². The highest BCUT2D eigenvalue weighted by Crippen LogP contribution is 2.18. The van der Waals surface area contributed by atoms with Crippen molar-refractivity contribution in [3.05, 3.63) is 0 Å². The molecule has 0 radical (unpaired) electrons. The molecule has 0 aromatic heterocycles. The van der Waals surface area contributed by atoms with Crippen molar-refractivity contribution in [1.82, 2.24) is 0 Å². The van der Waals surface area contributed by atoms with Crippen molar-refractivity contribution >= 4 is 6.16 Å². The Labute approximate surface area is 150 Å². The fraction of sp³-hybridized carbons (Fsp3) is 0.952. The molecule has 0 aromatic carbocycles. The zero-order valence-electron chi connectivity index (χ0n) is 16.8. The van der Waals surface area contributed by atoms with Gasteiger partial charge < -0.3 is 9.47 Å². The highest BCUT2D eigenvalue weighted by atomic mass is 16.7. The van der Waals surface area contributed by atoms with Gasteiger partial charge in [0.2, 0.25) is 0 Å². The summed E-state index contributed by atoms with van der Waals surface area (Å²) in [4.78, 5) is 12.2. The van der Waals surface area contributed by atoms with E-state index in [-0.39, 0.29) is 12.2 Å². The van der Waals surface area contributed by atoms with Gasteiger partial charge in [-0.25, -0.2) is 4.79 Å². The first-order valence-electron chi connectivity index (χ1n) is 10.5. The quantitative estimate of drug-likeness (QED) is 0.216. The first-order valence-corrected chi connectivity index (χ1v) is 10.5. The van der Waals surface area contributed by atoms with Crippen LogP contribution >= 0.6 is 0 Å². The predicted octanol–water partition coefficient (Wildman–Crippen LogP) is 7.42. The van der Waals surface area contributed by atoms with E-state index in [0.29, 0.717) is 0 Å². The highest BCUT2D eigenvalue weighted by molar-refractivity contribution is 5.60. The van der Waals surface area contributed by atoms with Crippen molar-refractivity contribution in [2.24, 2.45) is 0 Å². The van der Waals surface area contributed by atoms with E-state index in [1.165, 1.54) is 25.7 Å². The van der Waals surface area contributed by atoms with Gasteiger partial charge >= 0.3 is 6.16 Å². The second-order valence-corrected chi connectivity index (χ2v) is 7.01. The topological polar surface area (TPSA) is 35.5 Å². The van der Waals surface area contributed by atoms with Gasteiger partial charge in [0, 0.05) is 0 Å². The third-order valence-corrected chi connectivity index (χ3v) is 4.54. The van der Waals surface area contributed by atoms with Gasteiger partial charge in [0.05, 0.1) is 0 Å². The Morgan fingerprint density at radius 2 is 0.917 bits per heavy atom. The Morgan fingerprint density at radius 1 is 0.583 bits per heavy atom. The molecule has 0 bridgehead atoms. The highest BCUT2D eigenvalue weighted by Gasteiger charge is 2.19. The zero-order chi connectivity index (χ0) is 18.0. The van der Waals surface area contributed by atoms with E-state index in [2.05, 4.69) is 27.7 Å². The van der Waals surface area contributed by atoms with Gasteiger partial charge in [-0.3, -0.25) is 0 Å². The van der Waals surface area contributed by atoms with Crippen molar-refractivity contribution in [2.45, 2.75) is 130 Å². The molecule has 0 fully saturated rings. The Hall–Kier alpha value is -0.730. The van der Waals surface area contributed by atoms with E-state index in [1.807, 2.05) is 0 Å². The summed E-state index contributed by atoms with van der Waals surface area (Å²) in [6.45, 7) is 8.75. The monoisotopic (exact) mass is 342 g/mol. The molecule has 24 heavy (non-hydrogen) atoms. The minimum absolute atomic E-state index is 0.0338. The lowest BCUT2D eigenvalue weighted by atomic mass is 10.1. The van der Waals surface area contributed by atoms with E-state index in [0.717, 1.165) is 64.2 Å². The number of unbranched alkanes of at least 4 members (excludes halogenated alkanes) is 6. The predicted molar refractivity (Wildman–Crippen MR) is 102 cm³/mol. The molecule has 0 saturated heterocycles. The Bertz CT molecular complexity index is 252. The van der Waals surface area contributed by atoms with Crippen molar-refractivity contribution in [1.29, 1.82) is 0 Å². The average molecular weight is 343 g/mol. The Balaban J connectivity index is 4.33. The van der Waals surface area contributed by atoms with Crippen LogP contribution in [-0.2, 0) is 9.47 Å². The molecule has 0 saturated carbocycles. The molecule has 144 valence electrons. The zero-order valence-corrected chi connectivity index (χ0v) is 16.8. The van der Waals surface area contributed by atoms with E-state index in [4.69, 9.17) is 9.47 Å². The van der Waals surface area contributed by atoms with Crippen LogP contribution in [0.5, 0.6) is 0 Å². The molecule has 2 atom stereocenters. The summed E-state index contributed by atoms with van der Waals surface area (Å²) < 4.78 is 11.3. The first-order chi connectivity index (χ1) is 11.7. The van der Waals surface area contributed by atoms with Crippen LogP contribution in [0.1, 0.15) is 118 Å². The largest absolute Gasteiger partial charge is 0.508 e. The molecule has 0 aliphatic heterocycles. The molecule has 2 unspecified atom stereocenters. The Morgan fingerprint density at radius 3 is 1.25 bits per heavy atom. The van der Waals surface area contributed by atoms with Crippen molar-refractivity contribution in [3.63, 3.8) is 0 Å². The van der Waals surface area contributed by atoms with Crippen LogP contribution in [0, 0.1) is 0 Å². The standard InChI is InChI=1S/C21H42O3/c1-5-9-13-17-19(15-11-7-3)23-21(22)24-20(16-12-8-4)18-14-10-6-2/h19-20H,5-18H2,1-4H3. The van der Waals surface area contributed by atoms with Gasteiger partial charge in [-0.15, -0.1) is 0 Å². The molecule has 0 heterocycles. The molecule has 0 aliphatic rings. The molecule has 3 heteroatoms. The van der Waals surface area contributed by atoms with Gasteiger partial charge in [-0.2, -0.15) is 0 Å². The van der Waals surface area contributed by atoms with Gasteiger partial charge in [0.1, 0.15) is 12.2 Å². The van der Waals surface area contributed by atoms with E-state index >= 15 is 0 Å². The summed E-state index contributed by atoms with van der Waals surface area (Å²) in [5.41, 5.74) is 0. The molecule has 0 N–H and O–H groups in total. The minimum atomic E-state index is -0.440. The van der Waals surface area contributed by atoms with E-state index < -0.39 is 6.16 Å². The van der Waals surface area contributed by atoms with E-state index in [9.17, 15) is 4.79 Å². The summed E-state index contributed by atoms with van der Waals surface area (Å²) in [6, 6.07) is 0. The summed E-state index contributed by atoms with van der Waals surface area (Å²) in [7, 11) is 0. The van der Waals surface area contributed by atoms with Crippen molar-refractivity contribution in [3.8, 4) is 0 Å². The number of hydrogen-bond acceptors (Lipinski definition) is 3. The fourth-order valence-electron chi connectivity index (χ4n) is 2.93. The molecular formula is C21H42O3. The number of hydrogen-bond donors (Lipinski definition) is 0. The van der Waals surface area contributed by atoms with Gasteiger partial charge in [-0.1, -0.05) is 79.1 Å². The third-order valence-electron chi connectivity index (χ3n) is 4.54. The maximum atomic E-state index is 12.2. The third kappa shape index (κ3) is 13.7. The number of ether oxygens (including phenoxy) is 2. The lowest BCUT2D eigenvalue weighted by Gasteiger charge is -2.21. The summed E-state index contributed by atoms with van der Waals surface area (Å²) in [5, 5.41) is 0. The maximum absolute atomic E-state index is 12.2. The lowest BCUT2D eigenvalue weighted by Crippen LogP contribution is -2.24. The Kier molecular flexibility index (Phi) is 16.6. The van der Waals surface area contributed by atoms with Gasteiger partial charge in [0.15, 0.2) is 0 Å². The smallest absolute Gasteiger partial charge is 0.431 e. The summed E-state index contributed by atoms with van der Waals surface area (Å²) >= 11 is 0. The average Bonchev–Trinajstić information content (AvgIpc) is 2.57. The fourth-order valence-corrected chi connectivity index (χ4v) is 2.93. The van der Waals surface area contributed by atoms with Crippen LogP contribution < -0.4 is 0 Å².